The van der Waals surface area contributed by atoms with Crippen LogP contribution in [0.25, 0.3) is 55.6 Å². The second-order valence-corrected chi connectivity index (χ2v) is 14.1. The fourth-order valence-corrected chi connectivity index (χ4v) is 8.22. The maximum atomic E-state index is 13.8. The number of likely N-dealkylation sites (tertiary alicyclic amines) is 1. The van der Waals surface area contributed by atoms with E-state index < -0.39 is 5.97 Å². The Hall–Kier alpha value is -5.42. The minimum absolute atomic E-state index is 0.00333. The molecule has 11 nitrogen and oxygen atoms in total. The number of aromatic hydroxyl groups is 1. The SMILES string of the molecule is COC(=O)c1cc(O)c2cc(-c3ccc4cc(-c5nc6cc(C(=O)N7C[C@H]8CC[C@@H]7[C@@H]8N)cc(OC)c6n5C)n(CC5CC5)c4n3)ccc2c1. The Morgan fingerprint density at radius 2 is 1.76 bits per heavy atom. The third-order valence-electron chi connectivity index (χ3n) is 11.1. The highest BCUT2D eigenvalue weighted by atomic mass is 16.5. The molecule has 50 heavy (non-hydrogen) atoms. The van der Waals surface area contributed by atoms with Crippen LogP contribution in [0.4, 0.5) is 0 Å². The lowest BCUT2D eigenvalue weighted by molar-refractivity contribution is 0.0600. The Balaban J connectivity index is 1.13. The summed E-state index contributed by atoms with van der Waals surface area (Å²) >= 11 is 0. The predicted octanol–water partition coefficient (Wildman–Crippen LogP) is 5.88. The summed E-state index contributed by atoms with van der Waals surface area (Å²) in [4.78, 5) is 38.1. The predicted molar refractivity (Wildman–Crippen MR) is 190 cm³/mol. The van der Waals surface area contributed by atoms with Gasteiger partial charge in [-0.15, -0.1) is 0 Å². The Morgan fingerprint density at radius 1 is 0.940 bits per heavy atom. The maximum absolute atomic E-state index is 13.8. The lowest BCUT2D eigenvalue weighted by Gasteiger charge is -2.27. The number of nitrogens with zero attached hydrogens (tertiary/aromatic N) is 5. The number of aryl methyl sites for hydroxylation is 1. The topological polar surface area (TPSA) is 138 Å². The molecule has 2 aliphatic carbocycles. The number of esters is 1. The van der Waals surface area contributed by atoms with Crippen molar-refractivity contribution >= 4 is 44.7 Å². The van der Waals surface area contributed by atoms with Gasteiger partial charge in [-0.05, 0) is 91.4 Å². The highest BCUT2D eigenvalue weighted by Gasteiger charge is 2.47. The summed E-state index contributed by atoms with van der Waals surface area (Å²) in [5.74, 6) is 1.78. The molecule has 4 heterocycles. The normalized spacial score (nSPS) is 20.0. The number of imidazole rings is 1. The molecule has 2 saturated carbocycles. The summed E-state index contributed by atoms with van der Waals surface area (Å²) in [6.45, 7) is 1.51. The average Bonchev–Trinajstić information content (AvgIpc) is 3.53. The number of hydrogen-bond donors (Lipinski definition) is 2. The molecule has 1 amide bonds. The number of hydrogen-bond acceptors (Lipinski definition) is 8. The standard InChI is InChI=1S/C39H38N6O5/c1-43-35-29(14-25(17-33(35)49-2)38(47)45-19-24-9-11-30(45)34(24)40)42-37(43)31-15-23-8-10-28(41-36(23)44(31)18-20-4-5-20)22-7-6-21-12-26(39(48)50-3)16-32(46)27(21)13-22/h6-8,10,12-17,20,24,30,34,46H,4-5,9,11,18-19,40H2,1-3H3/t24-,30-,34-/m1/s1. The van der Waals surface area contributed by atoms with Gasteiger partial charge in [0.25, 0.3) is 5.91 Å². The fraction of sp³-hybridized carbons (Fsp3) is 0.333. The van der Waals surface area contributed by atoms with E-state index in [1.165, 1.54) is 26.0 Å². The summed E-state index contributed by atoms with van der Waals surface area (Å²) in [7, 11) is 4.93. The summed E-state index contributed by atoms with van der Waals surface area (Å²) in [5, 5.41) is 13.1. The lowest BCUT2D eigenvalue weighted by atomic mass is 10.0. The molecular weight excluding hydrogens is 632 g/mol. The van der Waals surface area contributed by atoms with Crippen molar-refractivity contribution in [2.45, 2.75) is 44.3 Å². The molecule has 6 aromatic rings. The molecule has 0 unspecified atom stereocenters. The molecule has 3 aromatic heterocycles. The number of pyridine rings is 1. The number of ether oxygens (including phenoxy) is 2. The number of nitrogens with two attached hydrogens (primary N) is 1. The smallest absolute Gasteiger partial charge is 0.338 e. The second-order valence-electron chi connectivity index (χ2n) is 14.1. The fourth-order valence-electron chi connectivity index (χ4n) is 8.22. The monoisotopic (exact) mass is 670 g/mol. The number of aromatic nitrogens is 4. The van der Waals surface area contributed by atoms with Crippen LogP contribution in [-0.4, -0.2) is 73.8 Å². The molecule has 1 saturated heterocycles. The number of benzene rings is 3. The molecule has 1 aliphatic heterocycles. The van der Waals surface area contributed by atoms with Gasteiger partial charge in [0.05, 0.1) is 36.7 Å². The third-order valence-corrected chi connectivity index (χ3v) is 11.1. The molecule has 3 atom stereocenters. The van der Waals surface area contributed by atoms with Crippen LogP contribution in [-0.2, 0) is 18.3 Å². The van der Waals surface area contributed by atoms with Crippen molar-refractivity contribution in [3.63, 3.8) is 0 Å². The molecular formula is C39H38N6O5. The van der Waals surface area contributed by atoms with Crippen LogP contribution in [0.1, 0.15) is 46.4 Å². The number of phenols is 1. The Bertz CT molecular complexity index is 2390. The number of carbonyl (C=O) groups is 2. The van der Waals surface area contributed by atoms with Crippen molar-refractivity contribution in [3.05, 3.63) is 71.8 Å². The summed E-state index contributed by atoms with van der Waals surface area (Å²) in [6, 6.07) is 18.9. The van der Waals surface area contributed by atoms with Crippen LogP contribution < -0.4 is 10.5 Å². The lowest BCUT2D eigenvalue weighted by Crippen LogP contribution is -2.41. The van der Waals surface area contributed by atoms with Gasteiger partial charge >= 0.3 is 5.97 Å². The zero-order valence-corrected chi connectivity index (χ0v) is 28.2. The van der Waals surface area contributed by atoms with Gasteiger partial charge in [-0.25, -0.2) is 14.8 Å². The second kappa shape index (κ2) is 11.3. The molecule has 254 valence electrons. The van der Waals surface area contributed by atoms with E-state index in [4.69, 9.17) is 25.2 Å². The quantitative estimate of drug-likeness (QED) is 0.201. The summed E-state index contributed by atoms with van der Waals surface area (Å²) in [6.07, 6.45) is 4.37. The van der Waals surface area contributed by atoms with Crippen LogP contribution in [0, 0.1) is 11.8 Å². The number of rotatable bonds is 7. The van der Waals surface area contributed by atoms with E-state index in [0.29, 0.717) is 46.2 Å². The van der Waals surface area contributed by atoms with Crippen molar-refractivity contribution < 1.29 is 24.2 Å². The molecule has 11 heteroatoms. The zero-order valence-electron chi connectivity index (χ0n) is 28.2. The van der Waals surface area contributed by atoms with E-state index in [-0.39, 0.29) is 23.7 Å². The largest absolute Gasteiger partial charge is 0.507 e. The van der Waals surface area contributed by atoms with Crippen LogP contribution in [0.3, 0.4) is 0 Å². The molecule has 3 N–H and O–H groups in total. The van der Waals surface area contributed by atoms with Crippen molar-refractivity contribution in [1.29, 1.82) is 0 Å². The number of phenolic OH excluding ortho intramolecular Hbond substituents is 1. The minimum Gasteiger partial charge on any atom is -0.507 e. The Labute approximate surface area is 288 Å². The average molecular weight is 671 g/mol. The number of carbonyl (C=O) groups excluding carboxylic acids is 2. The van der Waals surface area contributed by atoms with Crippen molar-refractivity contribution in [1.82, 2.24) is 24.0 Å². The molecule has 0 spiro atoms. The van der Waals surface area contributed by atoms with Gasteiger partial charge < -0.3 is 34.3 Å². The summed E-state index contributed by atoms with van der Waals surface area (Å²) < 4.78 is 15.0. The molecule has 3 aromatic carbocycles. The van der Waals surface area contributed by atoms with Gasteiger partial charge in [-0.3, -0.25) is 4.79 Å². The van der Waals surface area contributed by atoms with E-state index in [1.807, 2.05) is 52.9 Å². The minimum atomic E-state index is -0.502. The van der Waals surface area contributed by atoms with Gasteiger partial charge in [-0.1, -0.05) is 12.1 Å². The van der Waals surface area contributed by atoms with Gasteiger partial charge in [0, 0.05) is 54.1 Å². The van der Waals surface area contributed by atoms with Crippen LogP contribution in [0.2, 0.25) is 0 Å². The van der Waals surface area contributed by atoms with Crippen LogP contribution in [0.15, 0.2) is 60.7 Å². The molecule has 3 fully saturated rings. The van der Waals surface area contributed by atoms with Crippen LogP contribution >= 0.6 is 0 Å². The first-order valence-electron chi connectivity index (χ1n) is 17.2. The van der Waals surface area contributed by atoms with Gasteiger partial charge in [-0.2, -0.15) is 0 Å². The first-order valence-corrected chi connectivity index (χ1v) is 17.2. The Kier molecular flexibility index (Phi) is 6.93. The van der Waals surface area contributed by atoms with Crippen molar-refractivity contribution in [2.24, 2.45) is 24.6 Å². The first kappa shape index (κ1) is 30.6. The molecule has 0 radical (unpaired) electrons. The summed E-state index contributed by atoms with van der Waals surface area (Å²) in [5.41, 5.74) is 12.2. The molecule has 3 aliphatic rings. The Morgan fingerprint density at radius 3 is 2.48 bits per heavy atom. The van der Waals surface area contributed by atoms with Crippen molar-refractivity contribution in [3.8, 4) is 34.3 Å². The number of fused-ring (bicyclic) bond motifs is 5. The highest BCUT2D eigenvalue weighted by molar-refractivity contribution is 6.01. The first-order chi connectivity index (χ1) is 24.2. The zero-order chi connectivity index (χ0) is 34.4. The number of methoxy groups -OCH3 is 2. The van der Waals surface area contributed by atoms with Gasteiger partial charge in [0.1, 0.15) is 22.7 Å². The van der Waals surface area contributed by atoms with Gasteiger partial charge in [0.15, 0.2) is 5.82 Å². The van der Waals surface area contributed by atoms with E-state index in [1.54, 1.807) is 13.2 Å². The van der Waals surface area contributed by atoms with E-state index in [0.717, 1.165) is 64.1 Å². The van der Waals surface area contributed by atoms with Crippen molar-refractivity contribution in [2.75, 3.05) is 20.8 Å². The van der Waals surface area contributed by atoms with E-state index in [9.17, 15) is 14.7 Å². The number of piperidine rings is 1. The molecule has 2 bridgehead atoms. The number of amides is 1. The van der Waals surface area contributed by atoms with E-state index in [2.05, 4.69) is 16.7 Å². The maximum Gasteiger partial charge on any atom is 0.338 e. The molecule has 9 rings (SSSR count). The van der Waals surface area contributed by atoms with E-state index >= 15 is 0 Å². The van der Waals surface area contributed by atoms with Crippen LogP contribution in [0.5, 0.6) is 11.5 Å². The van der Waals surface area contributed by atoms with Gasteiger partial charge in [0.2, 0.25) is 0 Å². The third kappa shape index (κ3) is 4.74. The highest BCUT2D eigenvalue weighted by Crippen LogP contribution is 2.41.